The zero-order valence-corrected chi connectivity index (χ0v) is 32.0. The predicted octanol–water partition coefficient (Wildman–Crippen LogP) is 7.28. The van der Waals surface area contributed by atoms with Gasteiger partial charge in [0.2, 0.25) is 11.9 Å². The number of aromatic nitrogens is 3. The van der Waals surface area contributed by atoms with Gasteiger partial charge in [0.1, 0.15) is 28.6 Å². The Morgan fingerprint density at radius 3 is 2.23 bits per heavy atom. The van der Waals surface area contributed by atoms with Crippen molar-refractivity contribution in [3.8, 4) is 5.75 Å². The van der Waals surface area contributed by atoms with Gasteiger partial charge in [-0.15, -0.1) is 13.2 Å². The molecule has 0 bridgehead atoms. The molecule has 2 atom stereocenters. The van der Waals surface area contributed by atoms with Crippen molar-refractivity contribution >= 4 is 58.5 Å². The summed E-state index contributed by atoms with van der Waals surface area (Å²) >= 11 is 12.2. The number of rotatable bonds is 12. The fourth-order valence-electron chi connectivity index (χ4n) is 6.53. The average Bonchev–Trinajstić information content (AvgIpc) is 3.70. The summed E-state index contributed by atoms with van der Waals surface area (Å²) in [5, 5.41) is 4.90. The highest BCUT2D eigenvalue weighted by Gasteiger charge is 2.52. The van der Waals surface area contributed by atoms with Crippen LogP contribution in [0.3, 0.4) is 0 Å². The molecule has 1 aliphatic heterocycles. The van der Waals surface area contributed by atoms with Gasteiger partial charge in [0.15, 0.2) is 5.82 Å². The number of hydrogen-bond donors (Lipinski definition) is 2. The number of carbonyl (C=O) groups excluding carboxylic acids is 4. The average molecular weight is 820 g/mol. The Labute approximate surface area is 328 Å². The van der Waals surface area contributed by atoms with Crippen molar-refractivity contribution in [1.82, 2.24) is 25.2 Å². The molecule has 1 fully saturated rings. The Bertz CT molecular complexity index is 2150. The standard InChI is InChI=1S/C38H36Cl2F4N6O6/c1-35(2,3)56-29(51)13-12-26(31(52)48-37(14-15-37)28-7-5-6-16-45-28)47-32(53)27-20-46-34-49(22-17-24(39)30(41)25(40)18-22)33(54)36(4,50(27)34)19-21-8-10-23(11-9-21)55-38(42,43)44/h5-11,16-18,20,26H,12-15,19H2,1-4H3,(H,47,53)(H,48,52)/t26?,36-/m1/s1. The summed E-state index contributed by atoms with van der Waals surface area (Å²) in [5.74, 6) is -4.23. The van der Waals surface area contributed by atoms with Crippen molar-refractivity contribution in [1.29, 1.82) is 0 Å². The largest absolute Gasteiger partial charge is 0.573 e. The van der Waals surface area contributed by atoms with Gasteiger partial charge < -0.3 is 20.1 Å². The van der Waals surface area contributed by atoms with E-state index in [4.69, 9.17) is 27.9 Å². The number of nitrogens with one attached hydrogen (secondary N) is 2. The van der Waals surface area contributed by atoms with Gasteiger partial charge in [0.05, 0.1) is 33.2 Å². The number of amides is 3. The molecule has 3 heterocycles. The second kappa shape index (κ2) is 15.0. The maximum absolute atomic E-state index is 14.5. The number of ether oxygens (including phenoxy) is 2. The third-order valence-electron chi connectivity index (χ3n) is 9.21. The Balaban J connectivity index is 1.35. The van der Waals surface area contributed by atoms with Gasteiger partial charge in [-0.1, -0.05) is 41.4 Å². The van der Waals surface area contributed by atoms with Crippen molar-refractivity contribution in [3.05, 3.63) is 99.8 Å². The number of halogens is 6. The lowest BCUT2D eigenvalue weighted by Gasteiger charge is -2.27. The number of anilines is 2. The Kier molecular flexibility index (Phi) is 10.9. The molecular formula is C38H36Cl2F4N6O6. The molecule has 6 rings (SSSR count). The van der Waals surface area contributed by atoms with Gasteiger partial charge in [-0.25, -0.2) is 14.3 Å². The summed E-state index contributed by atoms with van der Waals surface area (Å²) in [4.78, 5) is 65.3. The first kappa shape index (κ1) is 40.4. The van der Waals surface area contributed by atoms with Gasteiger partial charge in [0.25, 0.3) is 11.8 Å². The molecule has 1 unspecified atom stereocenters. The summed E-state index contributed by atoms with van der Waals surface area (Å²) < 4.78 is 63.8. The van der Waals surface area contributed by atoms with E-state index in [1.54, 1.807) is 45.2 Å². The van der Waals surface area contributed by atoms with Gasteiger partial charge >= 0.3 is 12.3 Å². The highest BCUT2D eigenvalue weighted by atomic mass is 35.5. The number of fused-ring (bicyclic) bond motifs is 1. The van der Waals surface area contributed by atoms with E-state index in [2.05, 4.69) is 25.3 Å². The number of esters is 1. The molecule has 0 radical (unpaired) electrons. The van der Waals surface area contributed by atoms with Crippen LogP contribution in [0.15, 0.2) is 67.0 Å². The Morgan fingerprint density at radius 1 is 1.00 bits per heavy atom. The zero-order chi connectivity index (χ0) is 40.8. The highest BCUT2D eigenvalue weighted by molar-refractivity contribution is 6.35. The third-order valence-corrected chi connectivity index (χ3v) is 9.76. The minimum absolute atomic E-state index is 0.0155. The number of benzene rings is 2. The Morgan fingerprint density at radius 2 is 1.66 bits per heavy atom. The molecule has 12 nitrogen and oxygen atoms in total. The maximum atomic E-state index is 14.5. The van der Waals surface area contributed by atoms with Gasteiger partial charge in [0, 0.05) is 19.0 Å². The topological polar surface area (TPSA) is 145 Å². The van der Waals surface area contributed by atoms with Gasteiger partial charge in [-0.3, -0.25) is 28.7 Å². The third kappa shape index (κ3) is 8.60. The van der Waals surface area contributed by atoms with E-state index in [0.717, 1.165) is 29.2 Å². The summed E-state index contributed by atoms with van der Waals surface area (Å²) in [7, 11) is 0. The first-order chi connectivity index (χ1) is 26.2. The molecule has 0 saturated heterocycles. The van der Waals surface area contributed by atoms with Crippen molar-refractivity contribution in [3.63, 3.8) is 0 Å². The van der Waals surface area contributed by atoms with Crippen molar-refractivity contribution in [2.45, 2.75) is 88.9 Å². The monoisotopic (exact) mass is 818 g/mol. The fraction of sp³-hybridized carbons (Fsp3) is 0.368. The second-order valence-electron chi connectivity index (χ2n) is 14.7. The molecule has 0 spiro atoms. The number of carbonyl (C=O) groups is 4. The second-order valence-corrected chi connectivity index (χ2v) is 15.5. The van der Waals surface area contributed by atoms with Gasteiger partial charge in [-0.05, 0) is 88.9 Å². The molecular weight excluding hydrogens is 783 g/mol. The van der Waals surface area contributed by atoms with E-state index in [-0.39, 0.29) is 36.6 Å². The first-order valence-electron chi connectivity index (χ1n) is 17.4. The van der Waals surface area contributed by atoms with Crippen LogP contribution in [-0.4, -0.2) is 56.2 Å². The van der Waals surface area contributed by atoms with Crippen LogP contribution in [0.2, 0.25) is 10.0 Å². The van der Waals surface area contributed by atoms with E-state index in [1.165, 1.54) is 29.8 Å². The van der Waals surface area contributed by atoms with Crippen molar-refractivity contribution < 1.29 is 46.2 Å². The first-order valence-corrected chi connectivity index (χ1v) is 18.1. The molecule has 4 aromatic rings. The molecule has 1 saturated carbocycles. The molecule has 2 aromatic heterocycles. The normalized spacial score (nSPS) is 17.9. The number of imidazole rings is 1. The molecule has 18 heteroatoms. The lowest BCUT2D eigenvalue weighted by molar-refractivity contribution is -0.274. The minimum atomic E-state index is -4.93. The molecule has 2 aromatic carbocycles. The van der Waals surface area contributed by atoms with Crippen molar-refractivity contribution in [2.75, 3.05) is 4.90 Å². The lowest BCUT2D eigenvalue weighted by Crippen LogP contribution is -2.51. The smallest absolute Gasteiger partial charge is 0.460 e. The van der Waals surface area contributed by atoms with Crippen LogP contribution in [0, 0.1) is 5.82 Å². The fourth-order valence-corrected chi connectivity index (χ4v) is 7.01. The van der Waals surface area contributed by atoms with Crippen LogP contribution in [-0.2, 0) is 36.6 Å². The lowest BCUT2D eigenvalue weighted by atomic mass is 9.91. The molecule has 296 valence electrons. The van der Waals surface area contributed by atoms with Gasteiger partial charge in [-0.2, -0.15) is 0 Å². The van der Waals surface area contributed by atoms with E-state index in [1.807, 2.05) is 0 Å². The summed E-state index contributed by atoms with van der Waals surface area (Å²) in [6, 6.07) is 11.2. The quantitative estimate of drug-likeness (QED) is 0.0863. The van der Waals surface area contributed by atoms with Crippen LogP contribution in [0.4, 0.5) is 29.2 Å². The molecule has 1 aliphatic carbocycles. The van der Waals surface area contributed by atoms with Crippen LogP contribution in [0.1, 0.15) is 75.1 Å². The molecule has 2 aliphatic rings. The van der Waals surface area contributed by atoms with E-state index in [9.17, 15) is 36.7 Å². The zero-order valence-electron chi connectivity index (χ0n) is 30.5. The van der Waals surface area contributed by atoms with Crippen LogP contribution in [0.5, 0.6) is 5.75 Å². The number of pyridine rings is 1. The number of alkyl halides is 3. The Hall–Kier alpha value is -5.22. The minimum Gasteiger partial charge on any atom is -0.460 e. The van der Waals surface area contributed by atoms with Crippen molar-refractivity contribution in [2.24, 2.45) is 0 Å². The van der Waals surface area contributed by atoms with E-state index < -0.39 is 74.4 Å². The molecule has 56 heavy (non-hydrogen) atoms. The van der Waals surface area contributed by atoms with E-state index >= 15 is 0 Å². The van der Waals surface area contributed by atoms with Crippen LogP contribution < -0.4 is 20.3 Å². The SMILES string of the molecule is CC(C)(C)OC(=O)CCC(NC(=O)c1cnc2n1[C@](C)(Cc1ccc(OC(F)(F)F)cc1)C(=O)N2c1cc(Cl)c(F)c(Cl)c1)C(=O)NC1(c2ccccn2)CC1. The maximum Gasteiger partial charge on any atom is 0.573 e. The molecule has 3 amide bonds. The van der Waals surface area contributed by atoms with E-state index in [0.29, 0.717) is 24.1 Å². The summed E-state index contributed by atoms with van der Waals surface area (Å²) in [6.45, 7) is 6.57. The summed E-state index contributed by atoms with van der Waals surface area (Å²) in [6.07, 6.45) is -1.55. The number of nitrogens with zero attached hydrogens (tertiary/aromatic N) is 4. The summed E-state index contributed by atoms with van der Waals surface area (Å²) in [5.41, 5.74) is -2.43. The predicted molar refractivity (Wildman–Crippen MR) is 196 cm³/mol. The van der Waals surface area contributed by atoms with Crippen LogP contribution in [0.25, 0.3) is 0 Å². The molecule has 2 N–H and O–H groups in total. The van der Waals surface area contributed by atoms with Crippen LogP contribution >= 0.6 is 23.2 Å². The number of hydrogen-bond acceptors (Lipinski definition) is 8. The highest BCUT2D eigenvalue weighted by Crippen LogP contribution is 2.46.